The minimum absolute atomic E-state index is 0.0109. The number of carbonyl (C=O) groups is 2. The summed E-state index contributed by atoms with van der Waals surface area (Å²) in [5, 5.41) is 2.96. The fourth-order valence-corrected chi connectivity index (χ4v) is 3.58. The first-order valence-electron chi connectivity index (χ1n) is 10.2. The number of hydrogen-bond donors (Lipinski definition) is 1. The summed E-state index contributed by atoms with van der Waals surface area (Å²) in [6, 6.07) is 26.2. The molecule has 1 aliphatic rings. The predicted octanol–water partition coefficient (Wildman–Crippen LogP) is 4.97. The first-order chi connectivity index (χ1) is 14.7. The van der Waals surface area contributed by atoms with Crippen LogP contribution < -0.4 is 10.1 Å². The van der Waals surface area contributed by atoms with E-state index < -0.39 is 0 Å². The average molecular weight is 400 g/mol. The molecule has 1 heterocycles. The van der Waals surface area contributed by atoms with Gasteiger partial charge in [-0.05, 0) is 61.4 Å². The van der Waals surface area contributed by atoms with Gasteiger partial charge in [-0.2, -0.15) is 0 Å². The quantitative estimate of drug-likeness (QED) is 0.658. The van der Waals surface area contributed by atoms with E-state index in [1.165, 1.54) is 0 Å². The van der Waals surface area contributed by atoms with Crippen molar-refractivity contribution in [3.63, 3.8) is 0 Å². The van der Waals surface area contributed by atoms with Crippen LogP contribution in [0.3, 0.4) is 0 Å². The van der Waals surface area contributed by atoms with Gasteiger partial charge in [0.25, 0.3) is 5.91 Å². The van der Waals surface area contributed by atoms with E-state index in [1.807, 2.05) is 65.6 Å². The summed E-state index contributed by atoms with van der Waals surface area (Å²) in [6.07, 6.45) is 1.33. The van der Waals surface area contributed by atoms with Crippen molar-refractivity contribution in [2.75, 3.05) is 18.4 Å². The minimum atomic E-state index is -0.0732. The lowest BCUT2D eigenvalue weighted by molar-refractivity contribution is -0.121. The van der Waals surface area contributed by atoms with Gasteiger partial charge >= 0.3 is 0 Å². The van der Waals surface area contributed by atoms with Crippen molar-refractivity contribution < 1.29 is 14.3 Å². The number of carbonyl (C=O) groups excluding carboxylic acids is 2. The molecule has 1 fully saturated rings. The number of hydrogen-bond acceptors (Lipinski definition) is 3. The van der Waals surface area contributed by atoms with E-state index in [2.05, 4.69) is 5.32 Å². The molecule has 5 nitrogen and oxygen atoms in total. The van der Waals surface area contributed by atoms with Gasteiger partial charge in [0.15, 0.2) is 0 Å². The van der Waals surface area contributed by atoms with Crippen molar-refractivity contribution in [2.24, 2.45) is 5.92 Å². The third-order valence-electron chi connectivity index (χ3n) is 5.27. The minimum Gasteiger partial charge on any atom is -0.457 e. The lowest BCUT2D eigenvalue weighted by atomic mass is 9.95. The highest BCUT2D eigenvalue weighted by Gasteiger charge is 2.27. The number of piperidine rings is 1. The van der Waals surface area contributed by atoms with Gasteiger partial charge in [0, 0.05) is 30.3 Å². The summed E-state index contributed by atoms with van der Waals surface area (Å²) in [5.41, 5.74) is 1.43. The molecule has 0 spiro atoms. The lowest BCUT2D eigenvalue weighted by Gasteiger charge is -2.31. The zero-order chi connectivity index (χ0) is 20.8. The second-order valence-corrected chi connectivity index (χ2v) is 7.36. The molecule has 0 saturated carbocycles. The molecule has 1 aliphatic heterocycles. The van der Waals surface area contributed by atoms with E-state index >= 15 is 0 Å². The third-order valence-corrected chi connectivity index (χ3v) is 5.27. The zero-order valence-corrected chi connectivity index (χ0v) is 16.7. The van der Waals surface area contributed by atoms with Crippen LogP contribution >= 0.6 is 0 Å². The van der Waals surface area contributed by atoms with Gasteiger partial charge in [-0.1, -0.05) is 36.4 Å². The van der Waals surface area contributed by atoms with Gasteiger partial charge in [-0.25, -0.2) is 0 Å². The summed E-state index contributed by atoms with van der Waals surface area (Å²) in [7, 11) is 0. The van der Waals surface area contributed by atoms with Crippen molar-refractivity contribution in [1.82, 2.24) is 4.90 Å². The van der Waals surface area contributed by atoms with Gasteiger partial charge in [-0.15, -0.1) is 0 Å². The molecule has 2 amide bonds. The SMILES string of the molecule is O=C(Nc1ccccc1)C1CCN(C(=O)c2ccc(Oc3ccccc3)cc2)CC1. The summed E-state index contributed by atoms with van der Waals surface area (Å²) in [4.78, 5) is 27.1. The Morgan fingerprint density at radius 3 is 1.97 bits per heavy atom. The molecule has 30 heavy (non-hydrogen) atoms. The molecule has 0 atom stereocenters. The largest absolute Gasteiger partial charge is 0.457 e. The molecule has 0 bridgehead atoms. The number of likely N-dealkylation sites (tertiary alicyclic amines) is 1. The second-order valence-electron chi connectivity index (χ2n) is 7.36. The van der Waals surface area contributed by atoms with Crippen LogP contribution in [0.1, 0.15) is 23.2 Å². The fourth-order valence-electron chi connectivity index (χ4n) is 3.58. The fraction of sp³-hybridized carbons (Fsp3) is 0.200. The van der Waals surface area contributed by atoms with Crippen LogP contribution in [-0.4, -0.2) is 29.8 Å². The van der Waals surface area contributed by atoms with Crippen LogP contribution in [0.5, 0.6) is 11.5 Å². The van der Waals surface area contributed by atoms with Crippen LogP contribution in [-0.2, 0) is 4.79 Å². The summed E-state index contributed by atoms with van der Waals surface area (Å²) >= 11 is 0. The van der Waals surface area contributed by atoms with E-state index in [0.717, 1.165) is 11.4 Å². The number of rotatable bonds is 5. The van der Waals surface area contributed by atoms with E-state index in [4.69, 9.17) is 4.74 Å². The Morgan fingerprint density at radius 1 is 0.767 bits per heavy atom. The van der Waals surface area contributed by atoms with Gasteiger partial charge in [-0.3, -0.25) is 9.59 Å². The van der Waals surface area contributed by atoms with Crippen LogP contribution in [0, 0.1) is 5.92 Å². The molecule has 0 aliphatic carbocycles. The van der Waals surface area contributed by atoms with Crippen LogP contribution in [0.25, 0.3) is 0 Å². The van der Waals surface area contributed by atoms with E-state index in [0.29, 0.717) is 37.2 Å². The van der Waals surface area contributed by atoms with Crippen molar-refractivity contribution in [2.45, 2.75) is 12.8 Å². The summed E-state index contributed by atoms with van der Waals surface area (Å²) in [5.74, 6) is 1.39. The molecule has 4 rings (SSSR count). The summed E-state index contributed by atoms with van der Waals surface area (Å²) < 4.78 is 5.78. The molecule has 0 unspecified atom stereocenters. The molecule has 152 valence electrons. The van der Waals surface area contributed by atoms with Gasteiger partial charge in [0.1, 0.15) is 11.5 Å². The Kier molecular flexibility index (Phi) is 6.09. The maximum absolute atomic E-state index is 12.8. The number of nitrogens with zero attached hydrogens (tertiary/aromatic N) is 1. The first-order valence-corrected chi connectivity index (χ1v) is 10.2. The normalized spacial score (nSPS) is 14.2. The number of para-hydroxylation sites is 2. The molecule has 1 N–H and O–H groups in total. The zero-order valence-electron chi connectivity index (χ0n) is 16.7. The number of anilines is 1. The number of benzene rings is 3. The Hall–Kier alpha value is -3.60. The number of nitrogens with one attached hydrogen (secondary N) is 1. The molecule has 0 radical (unpaired) electrons. The maximum Gasteiger partial charge on any atom is 0.253 e. The smallest absolute Gasteiger partial charge is 0.253 e. The number of ether oxygens (including phenoxy) is 1. The molecule has 1 saturated heterocycles. The Bertz CT molecular complexity index is 980. The highest BCUT2D eigenvalue weighted by Crippen LogP contribution is 2.24. The standard InChI is InChI=1S/C25H24N2O3/c28-24(26-21-7-3-1-4-8-21)19-15-17-27(18-16-19)25(29)20-11-13-23(14-12-20)30-22-9-5-2-6-10-22/h1-14,19H,15-18H2,(H,26,28). The van der Waals surface area contributed by atoms with Crippen molar-refractivity contribution >= 4 is 17.5 Å². The van der Waals surface area contributed by atoms with Crippen LogP contribution in [0.4, 0.5) is 5.69 Å². The average Bonchev–Trinajstić information content (AvgIpc) is 2.80. The van der Waals surface area contributed by atoms with Crippen LogP contribution in [0.2, 0.25) is 0 Å². The monoisotopic (exact) mass is 400 g/mol. The van der Waals surface area contributed by atoms with Crippen molar-refractivity contribution in [3.8, 4) is 11.5 Å². The van der Waals surface area contributed by atoms with Gasteiger partial charge in [0.2, 0.25) is 5.91 Å². The Labute approximate surface area is 176 Å². The van der Waals surface area contributed by atoms with E-state index in [1.54, 1.807) is 24.3 Å². The highest BCUT2D eigenvalue weighted by molar-refractivity contribution is 5.95. The van der Waals surface area contributed by atoms with E-state index in [9.17, 15) is 9.59 Å². The Morgan fingerprint density at radius 2 is 1.33 bits per heavy atom. The lowest BCUT2D eigenvalue weighted by Crippen LogP contribution is -2.41. The van der Waals surface area contributed by atoms with Crippen LogP contribution in [0.15, 0.2) is 84.9 Å². The van der Waals surface area contributed by atoms with Crippen molar-refractivity contribution in [3.05, 3.63) is 90.5 Å². The highest BCUT2D eigenvalue weighted by atomic mass is 16.5. The predicted molar refractivity (Wildman–Crippen MR) is 117 cm³/mol. The van der Waals surface area contributed by atoms with Gasteiger partial charge < -0.3 is 15.0 Å². The number of amides is 2. The third kappa shape index (κ3) is 4.87. The molecule has 3 aromatic rings. The molecular formula is C25H24N2O3. The summed E-state index contributed by atoms with van der Waals surface area (Å²) in [6.45, 7) is 1.15. The molecule has 0 aromatic heterocycles. The first kappa shape index (κ1) is 19.7. The van der Waals surface area contributed by atoms with Gasteiger partial charge in [0.05, 0.1) is 0 Å². The Balaban J connectivity index is 1.30. The van der Waals surface area contributed by atoms with E-state index in [-0.39, 0.29) is 17.7 Å². The topological polar surface area (TPSA) is 58.6 Å². The molecule has 5 heteroatoms. The molecule has 3 aromatic carbocycles. The van der Waals surface area contributed by atoms with Crippen molar-refractivity contribution in [1.29, 1.82) is 0 Å². The second kappa shape index (κ2) is 9.27. The molecular weight excluding hydrogens is 376 g/mol. The maximum atomic E-state index is 12.8.